The second kappa shape index (κ2) is 5.61. The first-order valence-electron chi connectivity index (χ1n) is 8.31. The van der Waals surface area contributed by atoms with Gasteiger partial charge in [-0.05, 0) is 60.2 Å². The van der Waals surface area contributed by atoms with E-state index in [1.807, 2.05) is 0 Å². The minimum atomic E-state index is 1.02. The second-order valence-electron chi connectivity index (χ2n) is 6.72. The van der Waals surface area contributed by atoms with Crippen molar-refractivity contribution in [3.05, 3.63) is 56.1 Å². The van der Waals surface area contributed by atoms with Gasteiger partial charge in [0.05, 0.1) is 33.7 Å². The highest BCUT2D eigenvalue weighted by atomic mass is 127. The Kier molecular flexibility index (Phi) is 3.57. The summed E-state index contributed by atoms with van der Waals surface area (Å²) in [7, 11) is 2.17. The second-order valence-corrected chi connectivity index (χ2v) is 8.85. The van der Waals surface area contributed by atoms with Gasteiger partial charge in [-0.2, -0.15) is 0 Å². The zero-order valence-corrected chi connectivity index (χ0v) is 18.3. The van der Waals surface area contributed by atoms with Crippen molar-refractivity contribution in [1.29, 1.82) is 0 Å². The molecule has 2 aromatic heterocycles. The molecule has 0 saturated carbocycles. The molecule has 2 aromatic carbocycles. The summed E-state index contributed by atoms with van der Waals surface area (Å²) in [4.78, 5) is 0. The normalized spacial score (nSPS) is 14.7. The van der Waals surface area contributed by atoms with E-state index in [2.05, 4.69) is 115 Å². The molecular weight excluding hydrogens is 534 g/mol. The highest BCUT2D eigenvalue weighted by Gasteiger charge is 2.14. The molecule has 0 N–H and O–H groups in total. The number of hydrogen-bond acceptors (Lipinski definition) is 0. The maximum atomic E-state index is 2.47. The lowest BCUT2D eigenvalue weighted by atomic mass is 10.1. The van der Waals surface area contributed by atoms with Crippen LogP contribution in [0, 0.1) is 0 Å². The van der Waals surface area contributed by atoms with E-state index in [0.29, 0.717) is 0 Å². The molecule has 0 atom stereocenters. The molecule has 0 aliphatic heterocycles. The Morgan fingerprint density at radius 2 is 1.72 bits per heavy atom. The first-order chi connectivity index (χ1) is 12.1. The fraction of sp³-hybridized carbons (Fsp3) is 0.143. The number of benzene rings is 2. The van der Waals surface area contributed by atoms with Gasteiger partial charge in [0.15, 0.2) is 0 Å². The van der Waals surface area contributed by atoms with Gasteiger partial charge in [0.1, 0.15) is 0 Å². The molecule has 0 fully saturated rings. The number of nitrogens with zero attached hydrogens (tertiary/aromatic N) is 2. The predicted molar refractivity (Wildman–Crippen MR) is 125 cm³/mol. The summed E-state index contributed by atoms with van der Waals surface area (Å²) in [5.41, 5.74) is 5.32. The van der Waals surface area contributed by atoms with Crippen LogP contribution in [0.1, 0.15) is 13.3 Å². The summed E-state index contributed by atoms with van der Waals surface area (Å²) in [6.07, 6.45) is 5.73. The highest BCUT2D eigenvalue weighted by Crippen LogP contribution is 2.31. The van der Waals surface area contributed by atoms with Crippen molar-refractivity contribution in [2.24, 2.45) is 7.05 Å². The van der Waals surface area contributed by atoms with Crippen molar-refractivity contribution in [3.8, 4) is 0 Å². The molecule has 4 aromatic rings. The van der Waals surface area contributed by atoms with Gasteiger partial charge < -0.3 is 4.57 Å². The van der Waals surface area contributed by atoms with Crippen LogP contribution in [0.3, 0.4) is 0 Å². The fourth-order valence-electron chi connectivity index (χ4n) is 3.88. The standard InChI is InChI=1S/C21H16I2N2/c1-12-7-8-19-14(9-17(12)22)16-10-20-15(11-21(16)25(19)23)13-5-3-4-6-18(13)24(20)2/h3-6,8-11H,7H2,1-2H3. The molecule has 0 spiro atoms. The number of para-hydroxylation sites is 1. The molecule has 0 unspecified atom stereocenters. The monoisotopic (exact) mass is 550 g/mol. The molecule has 1 aliphatic rings. The van der Waals surface area contributed by atoms with Crippen LogP contribution in [0.25, 0.3) is 44.9 Å². The van der Waals surface area contributed by atoms with Crippen LogP contribution in [-0.4, -0.2) is 7.35 Å². The third-order valence-corrected chi connectivity index (χ3v) is 7.57. The molecule has 124 valence electrons. The van der Waals surface area contributed by atoms with Crippen LogP contribution < -0.4 is 10.6 Å². The quantitative estimate of drug-likeness (QED) is 0.268. The van der Waals surface area contributed by atoms with Gasteiger partial charge in [-0.1, -0.05) is 29.8 Å². The molecule has 2 heterocycles. The van der Waals surface area contributed by atoms with Crippen molar-refractivity contribution >= 4 is 90.3 Å². The minimum Gasteiger partial charge on any atom is -0.344 e. The lowest BCUT2D eigenvalue weighted by Gasteiger charge is -2.00. The van der Waals surface area contributed by atoms with Crippen LogP contribution in [0.4, 0.5) is 0 Å². The number of rotatable bonds is 0. The molecule has 5 rings (SSSR count). The Bertz CT molecular complexity index is 1350. The van der Waals surface area contributed by atoms with Crippen molar-refractivity contribution in [1.82, 2.24) is 7.35 Å². The SMILES string of the molecule is CC1=C(I)C=c2c(n(I)c3cc4c5ccccc5n(C)c4cc23)=CC1. The maximum Gasteiger partial charge on any atom is 0.0646 e. The number of allylic oxidation sites excluding steroid dienone is 2. The van der Waals surface area contributed by atoms with Gasteiger partial charge in [-0.3, -0.25) is 2.78 Å². The molecular formula is C21H16I2N2. The van der Waals surface area contributed by atoms with Crippen LogP contribution in [0.2, 0.25) is 0 Å². The molecule has 0 radical (unpaired) electrons. The third-order valence-electron chi connectivity index (χ3n) is 5.30. The molecule has 25 heavy (non-hydrogen) atoms. The number of hydrogen-bond donors (Lipinski definition) is 0. The van der Waals surface area contributed by atoms with Gasteiger partial charge in [-0.25, -0.2) is 0 Å². The first-order valence-corrected chi connectivity index (χ1v) is 10.4. The van der Waals surface area contributed by atoms with E-state index in [-0.39, 0.29) is 0 Å². The number of halogens is 2. The van der Waals surface area contributed by atoms with E-state index < -0.39 is 0 Å². The minimum absolute atomic E-state index is 1.02. The predicted octanol–water partition coefficient (Wildman–Crippen LogP) is 5.16. The molecule has 0 bridgehead atoms. The van der Waals surface area contributed by atoms with E-state index in [4.69, 9.17) is 0 Å². The molecule has 0 amide bonds. The van der Waals surface area contributed by atoms with Gasteiger partial charge >= 0.3 is 0 Å². The van der Waals surface area contributed by atoms with E-state index in [1.54, 1.807) is 0 Å². The van der Waals surface area contributed by atoms with E-state index in [1.165, 1.54) is 52.4 Å². The van der Waals surface area contributed by atoms with Gasteiger partial charge in [0.25, 0.3) is 0 Å². The molecule has 1 aliphatic carbocycles. The zero-order valence-electron chi connectivity index (χ0n) is 14.0. The Balaban J connectivity index is 2.04. The maximum absolute atomic E-state index is 2.47. The first kappa shape index (κ1) is 15.9. The number of aryl methyl sites for hydroxylation is 1. The lowest BCUT2D eigenvalue weighted by Crippen LogP contribution is -2.24. The Labute approximate surface area is 173 Å². The Morgan fingerprint density at radius 3 is 2.56 bits per heavy atom. The molecule has 4 heteroatoms. The average molecular weight is 550 g/mol. The average Bonchev–Trinajstić information content (AvgIpc) is 2.98. The smallest absolute Gasteiger partial charge is 0.0646 e. The summed E-state index contributed by atoms with van der Waals surface area (Å²) in [5, 5.41) is 6.66. The number of aromatic nitrogens is 2. The summed E-state index contributed by atoms with van der Waals surface area (Å²) < 4.78 is 5.99. The van der Waals surface area contributed by atoms with Crippen molar-refractivity contribution in [3.63, 3.8) is 0 Å². The van der Waals surface area contributed by atoms with Gasteiger partial charge in [0.2, 0.25) is 0 Å². The number of fused-ring (bicyclic) bond motifs is 6. The van der Waals surface area contributed by atoms with Gasteiger partial charge in [0, 0.05) is 43.0 Å². The summed E-state index contributed by atoms with van der Waals surface area (Å²) in [6.45, 7) is 2.22. The fourth-order valence-corrected chi connectivity index (χ4v) is 5.27. The highest BCUT2D eigenvalue weighted by molar-refractivity contribution is 14.1. The van der Waals surface area contributed by atoms with E-state index in [0.717, 1.165) is 6.42 Å². The summed E-state index contributed by atoms with van der Waals surface area (Å²) >= 11 is 4.92. The Hall–Kier alpha value is -1.28. The van der Waals surface area contributed by atoms with Crippen molar-refractivity contribution in [2.75, 3.05) is 0 Å². The largest absolute Gasteiger partial charge is 0.344 e. The summed E-state index contributed by atoms with van der Waals surface area (Å²) in [6, 6.07) is 13.4. The third kappa shape index (κ3) is 2.19. The van der Waals surface area contributed by atoms with Crippen LogP contribution in [0.5, 0.6) is 0 Å². The van der Waals surface area contributed by atoms with Crippen molar-refractivity contribution in [2.45, 2.75) is 13.3 Å². The van der Waals surface area contributed by atoms with E-state index >= 15 is 0 Å². The van der Waals surface area contributed by atoms with Crippen LogP contribution in [-0.2, 0) is 7.05 Å². The van der Waals surface area contributed by atoms with Gasteiger partial charge in [-0.15, -0.1) is 0 Å². The lowest BCUT2D eigenvalue weighted by molar-refractivity contribution is 1.02. The molecule has 2 nitrogen and oxygen atoms in total. The Morgan fingerprint density at radius 1 is 0.960 bits per heavy atom. The van der Waals surface area contributed by atoms with Crippen LogP contribution >= 0.6 is 45.5 Å². The topological polar surface area (TPSA) is 9.86 Å². The molecule has 0 saturated heterocycles. The van der Waals surface area contributed by atoms with E-state index in [9.17, 15) is 0 Å². The summed E-state index contributed by atoms with van der Waals surface area (Å²) in [5.74, 6) is 0. The zero-order chi connectivity index (χ0) is 17.3. The van der Waals surface area contributed by atoms with Crippen molar-refractivity contribution < 1.29 is 0 Å². The van der Waals surface area contributed by atoms with Crippen LogP contribution in [0.15, 0.2) is 45.6 Å².